The average molecular weight is 426 g/mol. The van der Waals surface area contributed by atoms with Crippen LogP contribution >= 0.6 is 0 Å². The van der Waals surface area contributed by atoms with Gasteiger partial charge in [-0.2, -0.15) is 0 Å². The second kappa shape index (κ2) is 14.0. The van der Waals surface area contributed by atoms with Crippen molar-refractivity contribution < 1.29 is 19.2 Å². The third-order valence-electron chi connectivity index (χ3n) is 4.82. The van der Waals surface area contributed by atoms with E-state index in [0.29, 0.717) is 6.61 Å². The molecule has 6 heteroatoms. The van der Waals surface area contributed by atoms with Gasteiger partial charge in [-0.1, -0.05) is 64.0 Å². The lowest BCUT2D eigenvalue weighted by Gasteiger charge is -2.06. The van der Waals surface area contributed by atoms with E-state index >= 15 is 0 Å². The number of hydrogen-bond acceptors (Lipinski definition) is 5. The van der Waals surface area contributed by atoms with Gasteiger partial charge >= 0.3 is 5.97 Å². The van der Waals surface area contributed by atoms with Crippen LogP contribution in [0.3, 0.4) is 0 Å². The summed E-state index contributed by atoms with van der Waals surface area (Å²) in [6.45, 7) is 2.95. The normalized spacial score (nSPS) is 10.9. The summed E-state index contributed by atoms with van der Waals surface area (Å²) in [6.07, 6.45) is 13.1. The molecular formula is C25H31NO5. The summed E-state index contributed by atoms with van der Waals surface area (Å²) < 4.78 is 10.9. The van der Waals surface area contributed by atoms with Crippen molar-refractivity contribution in [2.45, 2.75) is 58.3 Å². The fourth-order valence-corrected chi connectivity index (χ4v) is 3.05. The van der Waals surface area contributed by atoms with Gasteiger partial charge in [-0.05, 0) is 42.3 Å². The van der Waals surface area contributed by atoms with Gasteiger partial charge < -0.3 is 9.47 Å². The van der Waals surface area contributed by atoms with E-state index in [1.54, 1.807) is 6.08 Å². The Morgan fingerprint density at radius 3 is 2.06 bits per heavy atom. The van der Waals surface area contributed by atoms with Gasteiger partial charge in [-0.15, -0.1) is 0 Å². The van der Waals surface area contributed by atoms with Gasteiger partial charge in [0.15, 0.2) is 0 Å². The zero-order valence-electron chi connectivity index (χ0n) is 18.1. The standard InChI is InChI=1S/C25H31NO5/c1-2-3-4-5-6-7-8-9-20-30-23-15-10-21(11-16-23)12-19-25(27)31-24-17-13-22(14-18-24)26(28)29/h10-19H,2-9,20H2,1H3/b19-12+. The van der Waals surface area contributed by atoms with E-state index in [2.05, 4.69) is 6.92 Å². The van der Waals surface area contributed by atoms with Gasteiger partial charge in [-0.25, -0.2) is 4.79 Å². The number of non-ortho nitro benzene ring substituents is 1. The van der Waals surface area contributed by atoms with Crippen LogP contribution in [0.5, 0.6) is 11.5 Å². The van der Waals surface area contributed by atoms with E-state index in [1.165, 1.54) is 75.3 Å². The van der Waals surface area contributed by atoms with Crippen molar-refractivity contribution in [3.63, 3.8) is 0 Å². The van der Waals surface area contributed by atoms with Gasteiger partial charge in [0.2, 0.25) is 0 Å². The fourth-order valence-electron chi connectivity index (χ4n) is 3.05. The van der Waals surface area contributed by atoms with Crippen molar-refractivity contribution in [1.29, 1.82) is 0 Å². The highest BCUT2D eigenvalue weighted by Crippen LogP contribution is 2.18. The minimum Gasteiger partial charge on any atom is -0.494 e. The molecule has 0 aliphatic carbocycles. The SMILES string of the molecule is CCCCCCCCCCOc1ccc(/C=C/C(=O)Oc2ccc([N+](=O)[O-])cc2)cc1. The number of hydrogen-bond donors (Lipinski definition) is 0. The molecule has 2 rings (SSSR count). The van der Waals surface area contributed by atoms with E-state index in [9.17, 15) is 14.9 Å². The topological polar surface area (TPSA) is 78.7 Å². The van der Waals surface area contributed by atoms with Gasteiger partial charge in [-0.3, -0.25) is 10.1 Å². The summed E-state index contributed by atoms with van der Waals surface area (Å²) in [5.41, 5.74) is 0.792. The second-order valence-corrected chi connectivity index (χ2v) is 7.40. The molecule has 0 unspecified atom stereocenters. The number of esters is 1. The van der Waals surface area contributed by atoms with E-state index in [1.807, 2.05) is 24.3 Å². The first kappa shape index (κ1) is 24.1. The summed E-state index contributed by atoms with van der Waals surface area (Å²) in [5, 5.41) is 10.6. The lowest BCUT2D eigenvalue weighted by atomic mass is 10.1. The lowest BCUT2D eigenvalue weighted by Crippen LogP contribution is -2.03. The van der Waals surface area contributed by atoms with Crippen LogP contribution in [0.15, 0.2) is 54.6 Å². The largest absolute Gasteiger partial charge is 0.494 e. The summed E-state index contributed by atoms with van der Waals surface area (Å²) in [4.78, 5) is 22.0. The molecule has 0 saturated heterocycles. The molecule has 0 heterocycles. The molecule has 0 spiro atoms. The van der Waals surface area contributed by atoms with Gasteiger partial charge in [0.05, 0.1) is 11.5 Å². The predicted octanol–water partition coefficient (Wildman–Crippen LogP) is 6.73. The molecule has 0 N–H and O–H groups in total. The summed E-state index contributed by atoms with van der Waals surface area (Å²) >= 11 is 0. The highest BCUT2D eigenvalue weighted by Gasteiger charge is 2.06. The van der Waals surface area contributed by atoms with Crippen molar-refractivity contribution in [3.8, 4) is 11.5 Å². The number of nitro benzene ring substituents is 1. The summed E-state index contributed by atoms with van der Waals surface area (Å²) in [5.74, 6) is 0.516. The minimum absolute atomic E-state index is 0.0555. The molecule has 0 aromatic heterocycles. The molecule has 0 aliphatic heterocycles. The van der Waals surface area contributed by atoms with Crippen molar-refractivity contribution in [1.82, 2.24) is 0 Å². The highest BCUT2D eigenvalue weighted by molar-refractivity contribution is 5.88. The fraction of sp³-hybridized carbons (Fsp3) is 0.400. The number of carbonyl (C=O) groups excluding carboxylic acids is 1. The molecule has 0 amide bonds. The first-order valence-corrected chi connectivity index (χ1v) is 11.0. The Hall–Kier alpha value is -3.15. The molecule has 0 bridgehead atoms. The monoisotopic (exact) mass is 425 g/mol. The van der Waals surface area contributed by atoms with Crippen LogP contribution in [0.25, 0.3) is 6.08 Å². The Bertz CT molecular complexity index is 828. The number of carbonyl (C=O) groups is 1. The highest BCUT2D eigenvalue weighted by atomic mass is 16.6. The van der Waals surface area contributed by atoms with E-state index in [-0.39, 0.29) is 11.4 Å². The average Bonchev–Trinajstić information content (AvgIpc) is 2.78. The Balaban J connectivity index is 1.66. The number of benzene rings is 2. The van der Waals surface area contributed by atoms with E-state index in [4.69, 9.17) is 9.47 Å². The van der Waals surface area contributed by atoms with Crippen LogP contribution in [-0.4, -0.2) is 17.5 Å². The van der Waals surface area contributed by atoms with Gasteiger partial charge in [0.25, 0.3) is 5.69 Å². The maximum atomic E-state index is 11.9. The Morgan fingerprint density at radius 1 is 0.871 bits per heavy atom. The molecule has 0 aliphatic rings. The molecule has 0 atom stereocenters. The Kier molecular flexibility index (Phi) is 10.9. The molecule has 166 valence electrons. The number of nitrogens with zero attached hydrogens (tertiary/aromatic N) is 1. The van der Waals surface area contributed by atoms with Gasteiger partial charge in [0.1, 0.15) is 11.5 Å². The van der Waals surface area contributed by atoms with Crippen LogP contribution in [-0.2, 0) is 4.79 Å². The molecule has 31 heavy (non-hydrogen) atoms. The van der Waals surface area contributed by atoms with Crippen molar-refractivity contribution in [2.75, 3.05) is 6.61 Å². The summed E-state index contributed by atoms with van der Waals surface area (Å²) in [7, 11) is 0. The first-order valence-electron chi connectivity index (χ1n) is 11.0. The second-order valence-electron chi connectivity index (χ2n) is 7.40. The molecule has 6 nitrogen and oxygen atoms in total. The van der Waals surface area contributed by atoms with Crippen molar-refractivity contribution in [3.05, 3.63) is 70.3 Å². The zero-order valence-corrected chi connectivity index (χ0v) is 18.1. The summed E-state index contributed by atoms with van der Waals surface area (Å²) in [6, 6.07) is 12.9. The molecular weight excluding hydrogens is 394 g/mol. The Morgan fingerprint density at radius 2 is 1.45 bits per heavy atom. The molecule has 2 aromatic carbocycles. The van der Waals surface area contributed by atoms with Crippen LogP contribution in [0.1, 0.15) is 63.9 Å². The smallest absolute Gasteiger partial charge is 0.336 e. The maximum absolute atomic E-state index is 11.9. The van der Waals surface area contributed by atoms with E-state index < -0.39 is 10.9 Å². The lowest BCUT2D eigenvalue weighted by molar-refractivity contribution is -0.384. The number of nitro groups is 1. The number of ether oxygens (including phenoxy) is 2. The molecule has 2 aromatic rings. The van der Waals surface area contributed by atoms with E-state index in [0.717, 1.165) is 17.7 Å². The van der Waals surface area contributed by atoms with Crippen LogP contribution < -0.4 is 9.47 Å². The van der Waals surface area contributed by atoms with Crippen LogP contribution in [0.2, 0.25) is 0 Å². The number of rotatable bonds is 14. The van der Waals surface area contributed by atoms with Crippen molar-refractivity contribution >= 4 is 17.7 Å². The van der Waals surface area contributed by atoms with Gasteiger partial charge in [0, 0.05) is 18.2 Å². The van der Waals surface area contributed by atoms with Crippen molar-refractivity contribution in [2.24, 2.45) is 0 Å². The van der Waals surface area contributed by atoms with Crippen LogP contribution in [0, 0.1) is 10.1 Å². The maximum Gasteiger partial charge on any atom is 0.336 e. The third kappa shape index (κ3) is 9.94. The predicted molar refractivity (Wildman–Crippen MR) is 122 cm³/mol. The molecule has 0 radical (unpaired) electrons. The van der Waals surface area contributed by atoms with Crippen LogP contribution in [0.4, 0.5) is 5.69 Å². The molecule has 0 fully saturated rings. The third-order valence-corrected chi connectivity index (χ3v) is 4.82. The molecule has 0 saturated carbocycles. The zero-order chi connectivity index (χ0) is 22.3. The quantitative estimate of drug-likeness (QED) is 0.0837. The first-order chi connectivity index (χ1) is 15.1. The number of unbranched alkanes of at least 4 members (excludes halogenated alkanes) is 7. The Labute approximate surface area is 184 Å². The minimum atomic E-state index is -0.552.